The van der Waals surface area contributed by atoms with Crippen LogP contribution in [0, 0.1) is 27.4 Å². The number of nitrogens with one attached hydrogen (secondary N) is 1. The van der Waals surface area contributed by atoms with Crippen molar-refractivity contribution in [2.75, 3.05) is 11.9 Å². The van der Waals surface area contributed by atoms with Crippen LogP contribution in [0.4, 0.5) is 11.5 Å². The lowest BCUT2D eigenvalue weighted by Crippen LogP contribution is -2.52. The normalized spacial score (nSPS) is 25.1. The SMILES string of the molecule is CC1CCCCC1(CN)Nc1ncc([N+](=O)[O-])cc1C#N. The van der Waals surface area contributed by atoms with E-state index < -0.39 is 4.92 Å². The van der Waals surface area contributed by atoms with Crippen LogP contribution in [-0.2, 0) is 0 Å². The van der Waals surface area contributed by atoms with Crippen LogP contribution >= 0.6 is 0 Å². The molecule has 3 N–H and O–H groups in total. The van der Waals surface area contributed by atoms with Gasteiger partial charge < -0.3 is 11.1 Å². The minimum atomic E-state index is -0.556. The number of hydrogen-bond acceptors (Lipinski definition) is 6. The summed E-state index contributed by atoms with van der Waals surface area (Å²) in [4.78, 5) is 14.3. The van der Waals surface area contributed by atoms with E-state index in [1.54, 1.807) is 0 Å². The number of aromatic nitrogens is 1. The molecule has 7 nitrogen and oxygen atoms in total. The van der Waals surface area contributed by atoms with Crippen molar-refractivity contribution in [3.8, 4) is 6.07 Å². The fourth-order valence-corrected chi connectivity index (χ4v) is 2.93. The standard InChI is InChI=1S/C14H19N5O2/c1-10-4-2-3-5-14(10,9-16)18-13-11(7-15)6-12(8-17-13)19(20)21/h6,8,10H,2-5,9,16H2,1H3,(H,17,18). The fraction of sp³-hybridized carbons (Fsp3) is 0.571. The lowest BCUT2D eigenvalue weighted by atomic mass is 9.73. The highest BCUT2D eigenvalue weighted by Crippen LogP contribution is 2.36. The molecule has 1 aliphatic carbocycles. The van der Waals surface area contributed by atoms with E-state index in [-0.39, 0.29) is 16.8 Å². The summed E-state index contributed by atoms with van der Waals surface area (Å²) in [5.74, 6) is 0.738. The number of nitro groups is 1. The Labute approximate surface area is 123 Å². The molecule has 1 aromatic heterocycles. The monoisotopic (exact) mass is 289 g/mol. The Morgan fingerprint density at radius 1 is 1.67 bits per heavy atom. The Kier molecular flexibility index (Phi) is 4.38. The number of rotatable bonds is 4. The molecule has 1 aromatic rings. The van der Waals surface area contributed by atoms with E-state index in [9.17, 15) is 15.4 Å². The quantitative estimate of drug-likeness (QED) is 0.648. The minimum Gasteiger partial charge on any atom is -0.362 e. The molecule has 0 aliphatic heterocycles. The molecule has 0 amide bonds. The summed E-state index contributed by atoms with van der Waals surface area (Å²) in [5, 5.41) is 23.2. The van der Waals surface area contributed by atoms with Crippen LogP contribution in [0.2, 0.25) is 0 Å². The zero-order valence-corrected chi connectivity index (χ0v) is 12.0. The molecule has 112 valence electrons. The number of nitrogens with two attached hydrogens (primary N) is 1. The Hall–Kier alpha value is -2.20. The number of hydrogen-bond donors (Lipinski definition) is 2. The molecule has 1 fully saturated rings. The second-order valence-electron chi connectivity index (χ2n) is 5.59. The Balaban J connectivity index is 2.33. The molecule has 2 unspecified atom stereocenters. The second-order valence-corrected chi connectivity index (χ2v) is 5.59. The zero-order valence-electron chi connectivity index (χ0n) is 12.0. The van der Waals surface area contributed by atoms with Gasteiger partial charge in [0, 0.05) is 12.6 Å². The lowest BCUT2D eigenvalue weighted by Gasteiger charge is -2.43. The summed E-state index contributed by atoms with van der Waals surface area (Å²) in [6.45, 7) is 2.58. The molecule has 1 heterocycles. The molecule has 1 saturated carbocycles. The van der Waals surface area contributed by atoms with Crippen molar-refractivity contribution in [1.82, 2.24) is 4.98 Å². The van der Waals surface area contributed by atoms with Gasteiger partial charge in [-0.15, -0.1) is 0 Å². The van der Waals surface area contributed by atoms with E-state index in [1.165, 1.54) is 18.7 Å². The predicted octanol–water partition coefficient (Wildman–Crippen LogP) is 2.18. The van der Waals surface area contributed by atoms with Crippen LogP contribution in [0.25, 0.3) is 0 Å². The summed E-state index contributed by atoms with van der Waals surface area (Å²) in [7, 11) is 0. The van der Waals surface area contributed by atoms with Crippen LogP contribution in [0.5, 0.6) is 0 Å². The van der Waals surface area contributed by atoms with Gasteiger partial charge in [0.1, 0.15) is 23.6 Å². The van der Waals surface area contributed by atoms with Crippen LogP contribution in [0.1, 0.15) is 38.2 Å². The summed E-state index contributed by atoms with van der Waals surface area (Å²) in [5.41, 5.74) is 5.66. The molecule has 2 rings (SSSR count). The Bertz CT molecular complexity index is 583. The number of pyridine rings is 1. The van der Waals surface area contributed by atoms with Gasteiger partial charge in [0.2, 0.25) is 0 Å². The predicted molar refractivity (Wildman–Crippen MR) is 78.6 cm³/mol. The molecule has 0 aromatic carbocycles. The minimum absolute atomic E-state index is 0.176. The molecule has 21 heavy (non-hydrogen) atoms. The van der Waals surface area contributed by atoms with Gasteiger partial charge in [0.05, 0.1) is 10.5 Å². The van der Waals surface area contributed by atoms with Crippen molar-refractivity contribution in [2.24, 2.45) is 11.7 Å². The molecular weight excluding hydrogens is 270 g/mol. The maximum Gasteiger partial charge on any atom is 0.289 e. The van der Waals surface area contributed by atoms with E-state index in [4.69, 9.17) is 5.73 Å². The molecule has 0 saturated heterocycles. The first-order valence-corrected chi connectivity index (χ1v) is 7.05. The maximum atomic E-state index is 10.8. The van der Waals surface area contributed by atoms with Gasteiger partial charge in [-0.3, -0.25) is 10.1 Å². The molecule has 0 bridgehead atoms. The molecule has 7 heteroatoms. The Morgan fingerprint density at radius 3 is 3.00 bits per heavy atom. The fourth-order valence-electron chi connectivity index (χ4n) is 2.93. The van der Waals surface area contributed by atoms with Crippen molar-refractivity contribution in [3.05, 3.63) is 27.9 Å². The highest BCUT2D eigenvalue weighted by atomic mass is 16.6. The third-order valence-corrected chi connectivity index (χ3v) is 4.39. The van der Waals surface area contributed by atoms with E-state index in [0.717, 1.165) is 19.3 Å². The first-order valence-electron chi connectivity index (χ1n) is 7.05. The van der Waals surface area contributed by atoms with Crippen molar-refractivity contribution in [2.45, 2.75) is 38.1 Å². The van der Waals surface area contributed by atoms with Crippen molar-refractivity contribution in [1.29, 1.82) is 5.26 Å². The summed E-state index contributed by atoms with van der Waals surface area (Å²) in [6.07, 6.45) is 5.39. The summed E-state index contributed by atoms with van der Waals surface area (Å²) in [6, 6.07) is 3.21. The highest BCUT2D eigenvalue weighted by molar-refractivity contribution is 5.57. The average molecular weight is 289 g/mol. The second kappa shape index (κ2) is 6.06. The van der Waals surface area contributed by atoms with Crippen LogP contribution in [0.15, 0.2) is 12.3 Å². The van der Waals surface area contributed by atoms with Gasteiger partial charge in [-0.2, -0.15) is 5.26 Å². The van der Waals surface area contributed by atoms with Crippen molar-refractivity contribution < 1.29 is 4.92 Å². The zero-order chi connectivity index (χ0) is 15.5. The molecule has 1 aliphatic rings. The van der Waals surface area contributed by atoms with Gasteiger partial charge in [0.25, 0.3) is 5.69 Å². The molecular formula is C14H19N5O2. The topological polar surface area (TPSA) is 118 Å². The largest absolute Gasteiger partial charge is 0.362 e. The third-order valence-electron chi connectivity index (χ3n) is 4.39. The lowest BCUT2D eigenvalue weighted by molar-refractivity contribution is -0.385. The van der Waals surface area contributed by atoms with E-state index in [2.05, 4.69) is 17.2 Å². The van der Waals surface area contributed by atoms with Crippen molar-refractivity contribution in [3.63, 3.8) is 0 Å². The molecule has 2 atom stereocenters. The third kappa shape index (κ3) is 2.95. The first-order chi connectivity index (χ1) is 10.0. The van der Waals surface area contributed by atoms with Crippen LogP contribution in [0.3, 0.4) is 0 Å². The molecule has 0 spiro atoms. The number of nitrogens with zero attached hydrogens (tertiary/aromatic N) is 3. The van der Waals surface area contributed by atoms with Gasteiger partial charge in [-0.05, 0) is 18.8 Å². The summed E-state index contributed by atoms with van der Waals surface area (Å²) >= 11 is 0. The van der Waals surface area contributed by atoms with Crippen LogP contribution in [-0.4, -0.2) is 22.0 Å². The Morgan fingerprint density at radius 2 is 2.43 bits per heavy atom. The highest BCUT2D eigenvalue weighted by Gasteiger charge is 2.37. The van der Waals surface area contributed by atoms with Crippen molar-refractivity contribution >= 4 is 11.5 Å². The van der Waals surface area contributed by atoms with Gasteiger partial charge >= 0.3 is 0 Å². The van der Waals surface area contributed by atoms with E-state index >= 15 is 0 Å². The smallest absolute Gasteiger partial charge is 0.289 e. The van der Waals surface area contributed by atoms with Gasteiger partial charge in [-0.1, -0.05) is 19.8 Å². The molecule has 0 radical (unpaired) electrons. The number of nitriles is 1. The summed E-state index contributed by atoms with van der Waals surface area (Å²) < 4.78 is 0. The van der Waals surface area contributed by atoms with Gasteiger partial charge in [0.15, 0.2) is 0 Å². The van der Waals surface area contributed by atoms with E-state index in [1.807, 2.05) is 6.07 Å². The average Bonchev–Trinajstić information content (AvgIpc) is 2.49. The van der Waals surface area contributed by atoms with E-state index in [0.29, 0.717) is 18.3 Å². The number of anilines is 1. The van der Waals surface area contributed by atoms with Gasteiger partial charge in [-0.25, -0.2) is 4.98 Å². The maximum absolute atomic E-state index is 10.8. The van der Waals surface area contributed by atoms with Crippen LogP contribution < -0.4 is 11.1 Å². The first kappa shape index (κ1) is 15.2.